The summed E-state index contributed by atoms with van der Waals surface area (Å²) in [5.41, 5.74) is 0. The molecule has 1 fully saturated rings. The minimum atomic E-state index is 0.537. The van der Waals surface area contributed by atoms with Crippen LogP contribution in [0.25, 0.3) is 0 Å². The maximum Gasteiger partial charge on any atom is 0.202 e. The third-order valence-corrected chi connectivity index (χ3v) is 2.45. The van der Waals surface area contributed by atoms with Crippen molar-refractivity contribution >= 4 is 5.95 Å². The van der Waals surface area contributed by atoms with Gasteiger partial charge in [-0.1, -0.05) is 0 Å². The maximum absolute atomic E-state index is 4.23. The average Bonchev–Trinajstić information content (AvgIpc) is 2.54. The molecule has 0 aromatic carbocycles. The van der Waals surface area contributed by atoms with Gasteiger partial charge in [-0.2, -0.15) is 0 Å². The van der Waals surface area contributed by atoms with Gasteiger partial charge in [-0.15, -0.1) is 0 Å². The van der Waals surface area contributed by atoms with E-state index in [1.165, 1.54) is 12.8 Å². The van der Waals surface area contributed by atoms with Crippen LogP contribution in [0.2, 0.25) is 0 Å². The zero-order chi connectivity index (χ0) is 9.10. The number of hydrogen-bond donors (Lipinski definition) is 2. The van der Waals surface area contributed by atoms with Crippen molar-refractivity contribution in [2.75, 3.05) is 18.4 Å². The molecule has 0 aliphatic carbocycles. The van der Waals surface area contributed by atoms with Crippen LogP contribution >= 0.6 is 0 Å². The Hall–Kier alpha value is -1.03. The summed E-state index contributed by atoms with van der Waals surface area (Å²) in [7, 11) is 2.01. The van der Waals surface area contributed by atoms with Crippen LogP contribution in [0.4, 0.5) is 5.95 Å². The molecule has 1 aromatic heterocycles. The number of imidazole rings is 1. The smallest absolute Gasteiger partial charge is 0.202 e. The molecular weight excluding hydrogens is 164 g/mol. The second kappa shape index (κ2) is 3.79. The molecule has 0 bridgehead atoms. The number of hydrogen-bond acceptors (Lipinski definition) is 3. The first-order chi connectivity index (χ1) is 6.36. The van der Waals surface area contributed by atoms with Crippen molar-refractivity contribution in [3.8, 4) is 0 Å². The van der Waals surface area contributed by atoms with Gasteiger partial charge in [0.05, 0.1) is 0 Å². The van der Waals surface area contributed by atoms with Gasteiger partial charge < -0.3 is 15.2 Å². The van der Waals surface area contributed by atoms with Gasteiger partial charge in [0.25, 0.3) is 0 Å². The standard InChI is InChI=1S/C9H16N4/c1-13-6-5-11-9(13)12-8-3-2-4-10-7-8/h5-6,8,10H,2-4,7H2,1H3,(H,11,12). The Bertz CT molecular complexity index is 262. The molecule has 1 aliphatic rings. The van der Waals surface area contributed by atoms with E-state index in [1.807, 2.05) is 24.0 Å². The van der Waals surface area contributed by atoms with Gasteiger partial charge in [-0.3, -0.25) is 0 Å². The Balaban J connectivity index is 1.93. The molecule has 1 saturated heterocycles. The van der Waals surface area contributed by atoms with Crippen molar-refractivity contribution in [1.29, 1.82) is 0 Å². The van der Waals surface area contributed by atoms with E-state index in [0.29, 0.717) is 6.04 Å². The number of rotatable bonds is 2. The summed E-state index contributed by atoms with van der Waals surface area (Å²) in [6.07, 6.45) is 6.26. The van der Waals surface area contributed by atoms with Gasteiger partial charge >= 0.3 is 0 Å². The van der Waals surface area contributed by atoms with Crippen LogP contribution in [-0.2, 0) is 7.05 Å². The van der Waals surface area contributed by atoms with E-state index in [9.17, 15) is 0 Å². The molecular formula is C9H16N4. The summed E-state index contributed by atoms with van der Waals surface area (Å²) in [6.45, 7) is 2.20. The predicted molar refractivity (Wildman–Crippen MR) is 52.7 cm³/mol. The van der Waals surface area contributed by atoms with Gasteiger partial charge in [0, 0.05) is 32.0 Å². The summed E-state index contributed by atoms with van der Waals surface area (Å²) in [6, 6.07) is 0.537. The highest BCUT2D eigenvalue weighted by Crippen LogP contribution is 2.09. The molecule has 0 radical (unpaired) electrons. The number of piperidine rings is 1. The summed E-state index contributed by atoms with van der Waals surface area (Å²) in [5, 5.41) is 6.79. The predicted octanol–water partition coefficient (Wildman–Crippen LogP) is 0.584. The van der Waals surface area contributed by atoms with Crippen LogP contribution < -0.4 is 10.6 Å². The van der Waals surface area contributed by atoms with E-state index in [0.717, 1.165) is 19.0 Å². The molecule has 0 spiro atoms. The van der Waals surface area contributed by atoms with Gasteiger partial charge in [0.15, 0.2) is 0 Å². The molecule has 4 nitrogen and oxygen atoms in total. The van der Waals surface area contributed by atoms with E-state index in [4.69, 9.17) is 0 Å². The first-order valence-corrected chi connectivity index (χ1v) is 4.81. The Labute approximate surface area is 78.4 Å². The first-order valence-electron chi connectivity index (χ1n) is 4.81. The quantitative estimate of drug-likeness (QED) is 0.699. The number of anilines is 1. The van der Waals surface area contributed by atoms with Crippen LogP contribution in [-0.4, -0.2) is 28.7 Å². The van der Waals surface area contributed by atoms with Gasteiger partial charge in [0.2, 0.25) is 5.95 Å². The van der Waals surface area contributed by atoms with Crippen LogP contribution in [0.15, 0.2) is 12.4 Å². The molecule has 72 valence electrons. The lowest BCUT2D eigenvalue weighted by atomic mass is 10.1. The Morgan fingerprint density at radius 2 is 2.62 bits per heavy atom. The monoisotopic (exact) mass is 180 g/mol. The van der Waals surface area contributed by atoms with Crippen LogP contribution in [0.1, 0.15) is 12.8 Å². The highest BCUT2D eigenvalue weighted by atomic mass is 15.2. The third-order valence-electron chi connectivity index (χ3n) is 2.45. The minimum Gasteiger partial charge on any atom is -0.352 e. The fourth-order valence-electron chi connectivity index (χ4n) is 1.66. The van der Waals surface area contributed by atoms with E-state index in [2.05, 4.69) is 15.6 Å². The van der Waals surface area contributed by atoms with Crippen molar-refractivity contribution in [2.24, 2.45) is 7.05 Å². The Morgan fingerprint density at radius 3 is 3.23 bits per heavy atom. The maximum atomic E-state index is 4.23. The van der Waals surface area contributed by atoms with Crippen molar-refractivity contribution in [2.45, 2.75) is 18.9 Å². The fraction of sp³-hybridized carbons (Fsp3) is 0.667. The zero-order valence-corrected chi connectivity index (χ0v) is 7.95. The zero-order valence-electron chi connectivity index (χ0n) is 7.95. The number of aromatic nitrogens is 2. The van der Waals surface area contributed by atoms with E-state index >= 15 is 0 Å². The van der Waals surface area contributed by atoms with Crippen LogP contribution in [0, 0.1) is 0 Å². The molecule has 1 aromatic rings. The molecule has 4 heteroatoms. The molecule has 0 saturated carbocycles. The normalized spacial score (nSPS) is 23.0. The molecule has 2 rings (SSSR count). The summed E-state index contributed by atoms with van der Waals surface area (Å²) in [4.78, 5) is 4.23. The van der Waals surface area contributed by atoms with Crippen LogP contribution in [0.5, 0.6) is 0 Å². The lowest BCUT2D eigenvalue weighted by molar-refractivity contribution is 0.477. The second-order valence-electron chi connectivity index (χ2n) is 3.55. The molecule has 0 amide bonds. The van der Waals surface area contributed by atoms with Crippen molar-refractivity contribution in [3.05, 3.63) is 12.4 Å². The first kappa shape index (κ1) is 8.56. The number of nitrogens with zero attached hydrogens (tertiary/aromatic N) is 2. The Morgan fingerprint density at radius 1 is 1.69 bits per heavy atom. The van der Waals surface area contributed by atoms with Crippen LogP contribution in [0.3, 0.4) is 0 Å². The summed E-state index contributed by atoms with van der Waals surface area (Å²) < 4.78 is 2.01. The lowest BCUT2D eigenvalue weighted by Gasteiger charge is -2.24. The second-order valence-corrected chi connectivity index (χ2v) is 3.55. The molecule has 2 N–H and O–H groups in total. The average molecular weight is 180 g/mol. The molecule has 2 heterocycles. The van der Waals surface area contributed by atoms with Gasteiger partial charge in [-0.25, -0.2) is 4.98 Å². The van der Waals surface area contributed by atoms with E-state index in [1.54, 1.807) is 0 Å². The number of nitrogens with one attached hydrogen (secondary N) is 2. The minimum absolute atomic E-state index is 0.537. The fourth-order valence-corrected chi connectivity index (χ4v) is 1.66. The van der Waals surface area contributed by atoms with Crippen molar-refractivity contribution in [1.82, 2.24) is 14.9 Å². The number of aryl methyl sites for hydroxylation is 1. The van der Waals surface area contributed by atoms with Crippen molar-refractivity contribution in [3.63, 3.8) is 0 Å². The summed E-state index contributed by atoms with van der Waals surface area (Å²) in [5.74, 6) is 0.966. The van der Waals surface area contributed by atoms with Crippen molar-refractivity contribution < 1.29 is 0 Å². The highest BCUT2D eigenvalue weighted by molar-refractivity contribution is 5.27. The molecule has 1 aliphatic heterocycles. The summed E-state index contributed by atoms with van der Waals surface area (Å²) >= 11 is 0. The molecule has 1 unspecified atom stereocenters. The molecule has 1 atom stereocenters. The topological polar surface area (TPSA) is 41.9 Å². The van der Waals surface area contributed by atoms with Gasteiger partial charge in [0.1, 0.15) is 0 Å². The van der Waals surface area contributed by atoms with E-state index in [-0.39, 0.29) is 0 Å². The third kappa shape index (κ3) is 2.01. The largest absolute Gasteiger partial charge is 0.352 e. The lowest BCUT2D eigenvalue weighted by Crippen LogP contribution is -2.38. The Kier molecular flexibility index (Phi) is 2.49. The van der Waals surface area contributed by atoms with E-state index < -0.39 is 0 Å². The molecule has 13 heavy (non-hydrogen) atoms. The van der Waals surface area contributed by atoms with Gasteiger partial charge in [-0.05, 0) is 19.4 Å². The SMILES string of the molecule is Cn1ccnc1NC1CCCNC1. The highest BCUT2D eigenvalue weighted by Gasteiger charge is 2.13.